The van der Waals surface area contributed by atoms with Gasteiger partial charge in [0.15, 0.2) is 0 Å². The Hall–Kier alpha value is -4.79. The van der Waals surface area contributed by atoms with E-state index in [2.05, 4.69) is 0 Å². The first-order valence-electron chi connectivity index (χ1n) is 9.73. The molecule has 0 radical (unpaired) electrons. The zero-order chi connectivity index (χ0) is 23.7. The van der Waals surface area contributed by atoms with Crippen molar-refractivity contribution in [2.24, 2.45) is 0 Å². The molecule has 0 bridgehead atoms. The Bertz CT molecular complexity index is 1310. The molecule has 1 saturated heterocycles. The third kappa shape index (κ3) is 3.83. The molecule has 0 aliphatic carbocycles. The normalized spacial score (nSPS) is 17.2. The van der Waals surface area contributed by atoms with Crippen LogP contribution in [0, 0.1) is 10.1 Å². The van der Waals surface area contributed by atoms with Gasteiger partial charge in [0.05, 0.1) is 22.1 Å². The van der Waals surface area contributed by atoms with Gasteiger partial charge in [-0.15, -0.1) is 0 Å². The first kappa shape index (κ1) is 21.4. The number of ketones is 1. The van der Waals surface area contributed by atoms with Crippen molar-refractivity contribution in [2.45, 2.75) is 6.04 Å². The third-order valence-electron chi connectivity index (χ3n) is 5.28. The van der Waals surface area contributed by atoms with Crippen molar-refractivity contribution in [3.05, 3.63) is 111 Å². The number of hydrogen-bond donors (Lipinski definition) is 2. The molecule has 4 rings (SSSR count). The highest BCUT2D eigenvalue weighted by Gasteiger charge is 2.47. The second-order valence-electron chi connectivity index (χ2n) is 7.24. The highest BCUT2D eigenvalue weighted by molar-refractivity contribution is 6.51. The minimum Gasteiger partial charge on any atom is -0.507 e. The quantitative estimate of drug-likeness (QED) is 0.200. The summed E-state index contributed by atoms with van der Waals surface area (Å²) in [5.74, 6) is -3.54. The Morgan fingerprint density at radius 2 is 1.52 bits per heavy atom. The molecule has 1 fully saturated rings. The van der Waals surface area contributed by atoms with E-state index in [0.717, 1.165) is 4.90 Å². The van der Waals surface area contributed by atoms with Gasteiger partial charge in [-0.2, -0.15) is 0 Å². The van der Waals surface area contributed by atoms with Crippen LogP contribution in [0.4, 0.5) is 11.4 Å². The largest absolute Gasteiger partial charge is 0.507 e. The molecule has 1 heterocycles. The summed E-state index contributed by atoms with van der Waals surface area (Å²) in [6, 6.07) is 17.8. The number of nitro groups is 1. The number of amides is 1. The summed E-state index contributed by atoms with van der Waals surface area (Å²) in [4.78, 5) is 49.1. The van der Waals surface area contributed by atoms with Crippen molar-refractivity contribution in [3.63, 3.8) is 0 Å². The maximum absolute atomic E-state index is 13.1. The first-order chi connectivity index (χ1) is 15.8. The number of aromatic carboxylic acids is 1. The average molecular weight is 444 g/mol. The van der Waals surface area contributed by atoms with Gasteiger partial charge in [0.25, 0.3) is 17.4 Å². The number of aliphatic hydroxyl groups excluding tert-OH is 1. The monoisotopic (exact) mass is 444 g/mol. The number of benzene rings is 3. The van der Waals surface area contributed by atoms with Gasteiger partial charge in [-0.1, -0.05) is 36.4 Å². The third-order valence-corrected chi connectivity index (χ3v) is 5.28. The lowest BCUT2D eigenvalue weighted by Gasteiger charge is -2.25. The first-order valence-corrected chi connectivity index (χ1v) is 9.73. The van der Waals surface area contributed by atoms with Crippen LogP contribution < -0.4 is 4.90 Å². The zero-order valence-electron chi connectivity index (χ0n) is 16.9. The average Bonchev–Trinajstić information content (AvgIpc) is 3.09. The fourth-order valence-electron chi connectivity index (χ4n) is 3.73. The molecule has 3 aromatic carbocycles. The fourth-order valence-corrected chi connectivity index (χ4v) is 3.73. The number of nitrogens with zero attached hydrogens (tertiary/aromatic N) is 2. The van der Waals surface area contributed by atoms with Crippen LogP contribution in [0.1, 0.15) is 27.5 Å². The van der Waals surface area contributed by atoms with Gasteiger partial charge < -0.3 is 10.2 Å². The molecular weight excluding hydrogens is 428 g/mol. The van der Waals surface area contributed by atoms with E-state index in [1.54, 1.807) is 30.3 Å². The molecule has 0 unspecified atom stereocenters. The number of rotatable bonds is 5. The van der Waals surface area contributed by atoms with E-state index >= 15 is 0 Å². The number of nitro benzene ring substituents is 1. The van der Waals surface area contributed by atoms with Crippen LogP contribution in [-0.4, -0.2) is 32.8 Å². The van der Waals surface area contributed by atoms with Crippen LogP contribution in [0.5, 0.6) is 0 Å². The summed E-state index contributed by atoms with van der Waals surface area (Å²) in [6.07, 6.45) is 0. The van der Waals surface area contributed by atoms with Crippen molar-refractivity contribution in [1.82, 2.24) is 0 Å². The molecule has 9 nitrogen and oxygen atoms in total. The molecule has 33 heavy (non-hydrogen) atoms. The van der Waals surface area contributed by atoms with Crippen LogP contribution >= 0.6 is 0 Å². The van der Waals surface area contributed by atoms with Crippen molar-refractivity contribution in [2.75, 3.05) is 4.90 Å². The molecule has 1 aliphatic rings. The van der Waals surface area contributed by atoms with Gasteiger partial charge >= 0.3 is 5.97 Å². The molecular formula is C24H16N2O7. The van der Waals surface area contributed by atoms with Crippen molar-refractivity contribution in [1.29, 1.82) is 0 Å². The Labute approximate surface area is 187 Å². The SMILES string of the molecule is O=C1C(=O)N(c2cccc(C(=O)O)c2)[C@@H](c2ccc([N+](=O)[O-])cc2)/C1=C(\O)c1ccccc1. The van der Waals surface area contributed by atoms with Gasteiger partial charge in [0.2, 0.25) is 0 Å². The van der Waals surface area contributed by atoms with Crippen molar-refractivity contribution >= 4 is 34.8 Å². The predicted molar refractivity (Wildman–Crippen MR) is 118 cm³/mol. The minimum atomic E-state index is -1.22. The number of anilines is 1. The van der Waals surface area contributed by atoms with Gasteiger partial charge in [-0.25, -0.2) is 4.79 Å². The van der Waals surface area contributed by atoms with E-state index in [1.807, 2.05) is 0 Å². The molecule has 1 atom stereocenters. The summed E-state index contributed by atoms with van der Waals surface area (Å²) >= 11 is 0. The number of Topliss-reactive ketones (excluding diaryl/α,β-unsaturated/α-hetero) is 1. The second kappa shape index (κ2) is 8.39. The van der Waals surface area contributed by atoms with E-state index < -0.39 is 34.4 Å². The second-order valence-corrected chi connectivity index (χ2v) is 7.24. The summed E-state index contributed by atoms with van der Waals surface area (Å²) in [5, 5.41) is 31.4. The van der Waals surface area contributed by atoms with E-state index in [1.165, 1.54) is 48.5 Å². The number of carbonyl (C=O) groups is 3. The van der Waals surface area contributed by atoms with Gasteiger partial charge in [-0.05, 0) is 35.9 Å². The summed E-state index contributed by atoms with van der Waals surface area (Å²) in [5.41, 5.74) is 0.277. The molecule has 1 aliphatic heterocycles. The molecule has 9 heteroatoms. The molecule has 0 aromatic heterocycles. The lowest BCUT2D eigenvalue weighted by atomic mass is 9.95. The molecule has 164 valence electrons. The topological polar surface area (TPSA) is 138 Å². The number of carboxylic acids is 1. The van der Waals surface area contributed by atoms with Crippen LogP contribution in [0.2, 0.25) is 0 Å². The smallest absolute Gasteiger partial charge is 0.335 e. The fraction of sp³-hybridized carbons (Fsp3) is 0.0417. The van der Waals surface area contributed by atoms with Crippen LogP contribution in [0.25, 0.3) is 5.76 Å². The number of aliphatic hydroxyl groups is 1. The van der Waals surface area contributed by atoms with E-state index in [4.69, 9.17) is 0 Å². The highest BCUT2D eigenvalue weighted by Crippen LogP contribution is 2.42. The van der Waals surface area contributed by atoms with E-state index in [0.29, 0.717) is 11.1 Å². The maximum atomic E-state index is 13.1. The van der Waals surface area contributed by atoms with Crippen molar-refractivity contribution in [3.8, 4) is 0 Å². The summed E-state index contributed by atoms with van der Waals surface area (Å²) in [7, 11) is 0. The number of carboxylic acid groups (broad SMARTS) is 1. The summed E-state index contributed by atoms with van der Waals surface area (Å²) < 4.78 is 0. The molecule has 0 spiro atoms. The van der Waals surface area contributed by atoms with Crippen LogP contribution in [0.3, 0.4) is 0 Å². The number of carbonyl (C=O) groups excluding carboxylic acids is 2. The Balaban J connectivity index is 1.94. The van der Waals surface area contributed by atoms with Gasteiger partial charge in [-0.3, -0.25) is 24.6 Å². The van der Waals surface area contributed by atoms with E-state index in [-0.39, 0.29) is 22.5 Å². The number of hydrogen-bond acceptors (Lipinski definition) is 6. The molecule has 3 aromatic rings. The van der Waals surface area contributed by atoms with Crippen LogP contribution in [0.15, 0.2) is 84.4 Å². The summed E-state index contributed by atoms with van der Waals surface area (Å²) in [6.45, 7) is 0. The lowest BCUT2D eigenvalue weighted by molar-refractivity contribution is -0.384. The highest BCUT2D eigenvalue weighted by atomic mass is 16.6. The van der Waals surface area contributed by atoms with Crippen LogP contribution in [-0.2, 0) is 9.59 Å². The number of non-ortho nitro benzene ring substituents is 1. The Kier molecular flexibility index (Phi) is 5.45. The van der Waals surface area contributed by atoms with Crippen molar-refractivity contribution < 1.29 is 29.5 Å². The van der Waals surface area contributed by atoms with Gasteiger partial charge in [0.1, 0.15) is 5.76 Å². The lowest BCUT2D eigenvalue weighted by Crippen LogP contribution is -2.29. The Morgan fingerprint density at radius 3 is 2.12 bits per heavy atom. The van der Waals surface area contributed by atoms with E-state index in [9.17, 15) is 34.7 Å². The standard InChI is InChI=1S/C24H16N2O7/c27-21(15-5-2-1-3-6-15)19-20(14-9-11-17(12-10-14)26(32)33)25(23(29)22(19)28)18-8-4-7-16(13-18)24(30)31/h1-13,20,27H,(H,30,31)/b21-19+/t20-/m0/s1. The molecule has 1 amide bonds. The van der Waals surface area contributed by atoms with Gasteiger partial charge in [0, 0.05) is 23.4 Å². The molecule has 0 saturated carbocycles. The predicted octanol–water partition coefficient (Wildman–Crippen LogP) is 3.92. The minimum absolute atomic E-state index is 0.0973. The zero-order valence-corrected chi connectivity index (χ0v) is 16.9. The molecule has 2 N–H and O–H groups in total. The Morgan fingerprint density at radius 1 is 0.879 bits per heavy atom. The maximum Gasteiger partial charge on any atom is 0.335 e.